The summed E-state index contributed by atoms with van der Waals surface area (Å²) in [5.74, 6) is 0.965. The third-order valence-electron chi connectivity index (χ3n) is 4.30. The molecule has 0 bridgehead atoms. The maximum absolute atomic E-state index is 12.5. The molecule has 0 N–H and O–H groups in total. The number of piperidine rings is 1. The molecule has 0 aromatic carbocycles. The van der Waals surface area contributed by atoms with E-state index >= 15 is 0 Å². The number of halogens is 1. The molecule has 1 aliphatic heterocycles. The van der Waals surface area contributed by atoms with Gasteiger partial charge >= 0.3 is 0 Å². The van der Waals surface area contributed by atoms with Crippen LogP contribution in [0.3, 0.4) is 0 Å². The lowest BCUT2D eigenvalue weighted by Crippen LogP contribution is -2.46. The zero-order valence-corrected chi connectivity index (χ0v) is 14.9. The monoisotopic (exact) mass is 377 g/mol. The molecule has 2 aromatic heterocycles. The Labute approximate surface area is 144 Å². The van der Waals surface area contributed by atoms with Gasteiger partial charge in [-0.3, -0.25) is 9.48 Å². The van der Waals surface area contributed by atoms with Gasteiger partial charge in [-0.05, 0) is 47.0 Å². The summed E-state index contributed by atoms with van der Waals surface area (Å²) >= 11 is 3.55. The SMILES string of the molecule is CN(C(=O)c1ccn(C)n1)C1CCN(c2ncccc2Br)CC1. The predicted octanol–water partition coefficient (Wildman–Crippen LogP) is 2.32. The summed E-state index contributed by atoms with van der Waals surface area (Å²) in [7, 11) is 3.69. The Morgan fingerprint density at radius 1 is 1.35 bits per heavy atom. The van der Waals surface area contributed by atoms with Gasteiger partial charge < -0.3 is 9.80 Å². The van der Waals surface area contributed by atoms with Crippen LogP contribution in [0.1, 0.15) is 23.3 Å². The van der Waals surface area contributed by atoms with E-state index in [4.69, 9.17) is 0 Å². The lowest BCUT2D eigenvalue weighted by Gasteiger charge is -2.37. The fourth-order valence-corrected chi connectivity index (χ4v) is 3.46. The van der Waals surface area contributed by atoms with Gasteiger partial charge in [-0.15, -0.1) is 0 Å². The fourth-order valence-electron chi connectivity index (χ4n) is 2.95. The minimum atomic E-state index is -0.0110. The second-order valence-corrected chi connectivity index (χ2v) is 6.67. The highest BCUT2D eigenvalue weighted by atomic mass is 79.9. The quantitative estimate of drug-likeness (QED) is 0.823. The number of aromatic nitrogens is 3. The number of anilines is 1. The first kappa shape index (κ1) is 16.0. The van der Waals surface area contributed by atoms with E-state index in [0.29, 0.717) is 5.69 Å². The number of amides is 1. The van der Waals surface area contributed by atoms with Gasteiger partial charge in [0.15, 0.2) is 0 Å². The summed E-state index contributed by atoms with van der Waals surface area (Å²) < 4.78 is 2.67. The van der Waals surface area contributed by atoms with E-state index in [-0.39, 0.29) is 11.9 Å². The molecule has 1 amide bonds. The second kappa shape index (κ2) is 6.70. The lowest BCUT2D eigenvalue weighted by atomic mass is 10.0. The molecule has 1 aliphatic rings. The number of hydrogen-bond donors (Lipinski definition) is 0. The van der Waals surface area contributed by atoms with Crippen molar-refractivity contribution in [1.29, 1.82) is 0 Å². The fraction of sp³-hybridized carbons (Fsp3) is 0.438. The van der Waals surface area contributed by atoms with Crippen molar-refractivity contribution >= 4 is 27.7 Å². The van der Waals surface area contributed by atoms with Gasteiger partial charge in [-0.25, -0.2) is 4.98 Å². The van der Waals surface area contributed by atoms with Crippen molar-refractivity contribution in [3.8, 4) is 0 Å². The molecule has 6 nitrogen and oxygen atoms in total. The molecule has 7 heteroatoms. The highest BCUT2D eigenvalue weighted by Crippen LogP contribution is 2.27. The highest BCUT2D eigenvalue weighted by molar-refractivity contribution is 9.10. The van der Waals surface area contributed by atoms with Crippen molar-refractivity contribution in [2.24, 2.45) is 7.05 Å². The summed E-state index contributed by atoms with van der Waals surface area (Å²) in [5.41, 5.74) is 0.505. The van der Waals surface area contributed by atoms with Crippen molar-refractivity contribution < 1.29 is 4.79 Å². The predicted molar refractivity (Wildman–Crippen MR) is 92.5 cm³/mol. The van der Waals surface area contributed by atoms with Gasteiger partial charge in [-0.1, -0.05) is 0 Å². The Morgan fingerprint density at radius 3 is 2.70 bits per heavy atom. The third-order valence-corrected chi connectivity index (χ3v) is 4.92. The van der Waals surface area contributed by atoms with Gasteiger partial charge in [0, 0.05) is 45.6 Å². The van der Waals surface area contributed by atoms with Gasteiger partial charge in [0.05, 0.1) is 4.47 Å². The Hall–Kier alpha value is -1.89. The van der Waals surface area contributed by atoms with E-state index in [9.17, 15) is 4.79 Å². The molecule has 23 heavy (non-hydrogen) atoms. The van der Waals surface area contributed by atoms with E-state index in [1.165, 1.54) is 0 Å². The molecule has 1 saturated heterocycles. The number of rotatable bonds is 3. The summed E-state index contributed by atoms with van der Waals surface area (Å²) in [4.78, 5) is 21.0. The van der Waals surface area contributed by atoms with Crippen LogP contribution in [-0.2, 0) is 7.05 Å². The number of carbonyl (C=O) groups is 1. The van der Waals surface area contributed by atoms with E-state index in [0.717, 1.165) is 36.2 Å². The van der Waals surface area contributed by atoms with Crippen LogP contribution in [0.15, 0.2) is 35.1 Å². The first-order chi connectivity index (χ1) is 11.1. The standard InChI is InChI=1S/C16H20BrN5O/c1-20-9-7-14(19-20)16(23)21(2)12-5-10-22(11-6-12)15-13(17)4-3-8-18-15/h3-4,7-9,12H,5-6,10-11H2,1-2H3. The first-order valence-electron chi connectivity index (χ1n) is 7.68. The van der Waals surface area contributed by atoms with Crippen molar-refractivity contribution in [2.45, 2.75) is 18.9 Å². The van der Waals surface area contributed by atoms with Crippen molar-refractivity contribution in [2.75, 3.05) is 25.0 Å². The van der Waals surface area contributed by atoms with E-state index in [2.05, 4.69) is 30.9 Å². The van der Waals surface area contributed by atoms with Crippen molar-refractivity contribution in [1.82, 2.24) is 19.7 Å². The van der Waals surface area contributed by atoms with Gasteiger partial charge in [-0.2, -0.15) is 5.10 Å². The van der Waals surface area contributed by atoms with Crippen LogP contribution in [-0.4, -0.2) is 51.8 Å². The lowest BCUT2D eigenvalue weighted by molar-refractivity contribution is 0.0702. The Kier molecular flexibility index (Phi) is 4.66. The summed E-state index contributed by atoms with van der Waals surface area (Å²) in [6, 6.07) is 5.92. The largest absolute Gasteiger partial charge is 0.356 e. The number of hydrogen-bond acceptors (Lipinski definition) is 4. The molecule has 0 spiro atoms. The minimum Gasteiger partial charge on any atom is -0.356 e. The van der Waals surface area contributed by atoms with Crippen molar-refractivity contribution in [3.63, 3.8) is 0 Å². The zero-order valence-electron chi connectivity index (χ0n) is 13.3. The van der Waals surface area contributed by atoms with Gasteiger partial charge in [0.25, 0.3) is 5.91 Å². The van der Waals surface area contributed by atoms with Gasteiger partial charge in [0.2, 0.25) is 0 Å². The van der Waals surface area contributed by atoms with Crippen LogP contribution in [0.25, 0.3) is 0 Å². The molecule has 0 atom stereocenters. The Bertz CT molecular complexity index is 693. The molecule has 0 aliphatic carbocycles. The number of carbonyl (C=O) groups excluding carboxylic acids is 1. The van der Waals surface area contributed by atoms with E-state index in [1.807, 2.05) is 37.3 Å². The number of pyridine rings is 1. The molecular weight excluding hydrogens is 358 g/mol. The first-order valence-corrected chi connectivity index (χ1v) is 8.48. The average molecular weight is 378 g/mol. The topological polar surface area (TPSA) is 54.3 Å². The maximum atomic E-state index is 12.5. The van der Waals surface area contributed by atoms with Crippen LogP contribution in [0.5, 0.6) is 0 Å². The second-order valence-electron chi connectivity index (χ2n) is 5.82. The molecule has 3 heterocycles. The van der Waals surface area contributed by atoms with E-state index < -0.39 is 0 Å². The van der Waals surface area contributed by atoms with Crippen LogP contribution in [0, 0.1) is 0 Å². The van der Waals surface area contributed by atoms with Gasteiger partial charge in [0.1, 0.15) is 11.5 Å². The molecule has 0 unspecified atom stereocenters. The molecule has 122 valence electrons. The zero-order chi connectivity index (χ0) is 16.4. The maximum Gasteiger partial charge on any atom is 0.274 e. The van der Waals surface area contributed by atoms with Crippen LogP contribution in [0.2, 0.25) is 0 Å². The average Bonchev–Trinajstić information content (AvgIpc) is 3.01. The smallest absolute Gasteiger partial charge is 0.274 e. The Balaban J connectivity index is 1.62. The van der Waals surface area contributed by atoms with E-state index in [1.54, 1.807) is 16.9 Å². The van der Waals surface area contributed by atoms with Crippen LogP contribution >= 0.6 is 15.9 Å². The summed E-state index contributed by atoms with van der Waals surface area (Å²) in [6.07, 6.45) is 5.46. The summed E-state index contributed by atoms with van der Waals surface area (Å²) in [5, 5.41) is 4.20. The molecular formula is C16H20BrN5O. The summed E-state index contributed by atoms with van der Waals surface area (Å²) in [6.45, 7) is 1.78. The molecule has 0 saturated carbocycles. The number of aryl methyl sites for hydroxylation is 1. The van der Waals surface area contributed by atoms with Crippen LogP contribution in [0.4, 0.5) is 5.82 Å². The molecule has 2 aromatic rings. The van der Waals surface area contributed by atoms with Crippen LogP contribution < -0.4 is 4.90 Å². The molecule has 0 radical (unpaired) electrons. The number of nitrogens with zero attached hydrogens (tertiary/aromatic N) is 5. The van der Waals surface area contributed by atoms with Crippen molar-refractivity contribution in [3.05, 3.63) is 40.8 Å². The third kappa shape index (κ3) is 3.39. The minimum absolute atomic E-state index is 0.0110. The normalized spacial score (nSPS) is 15.7. The highest BCUT2D eigenvalue weighted by Gasteiger charge is 2.27. The molecule has 1 fully saturated rings. The Morgan fingerprint density at radius 2 is 2.09 bits per heavy atom. The molecule has 3 rings (SSSR count).